The van der Waals surface area contributed by atoms with Crippen molar-refractivity contribution in [2.75, 3.05) is 12.4 Å². The monoisotopic (exact) mass is 318 g/mol. The van der Waals surface area contributed by atoms with Crippen LogP contribution in [0.25, 0.3) is 12.2 Å². The Morgan fingerprint density at radius 3 is 2.21 bits per heavy atom. The van der Waals surface area contributed by atoms with Crippen LogP contribution in [-0.2, 0) is 9.53 Å². The van der Waals surface area contributed by atoms with E-state index in [9.17, 15) is 4.79 Å². The fraction of sp³-hybridized carbons (Fsp3) is 0.100. The molecule has 0 spiro atoms. The Morgan fingerprint density at radius 1 is 1.17 bits per heavy atom. The third-order valence-corrected chi connectivity index (χ3v) is 3.57. The SMILES string of the molecule is C=Cc1cc(C=C)cc(C(Nc2ccc(C#N)cc2)C(=O)OC)c1. The molecule has 0 aliphatic carbocycles. The van der Waals surface area contributed by atoms with Gasteiger partial charge in [-0.1, -0.05) is 25.3 Å². The number of carbonyl (C=O) groups is 1. The normalized spacial score (nSPS) is 11.0. The second kappa shape index (κ2) is 7.80. The zero-order valence-corrected chi connectivity index (χ0v) is 13.5. The maximum atomic E-state index is 12.3. The van der Waals surface area contributed by atoms with E-state index in [0.717, 1.165) is 16.7 Å². The lowest BCUT2D eigenvalue weighted by molar-refractivity contribution is -0.141. The number of hydrogen-bond acceptors (Lipinski definition) is 4. The molecule has 0 fully saturated rings. The molecular formula is C20H18N2O2. The van der Waals surface area contributed by atoms with Gasteiger partial charge < -0.3 is 10.1 Å². The van der Waals surface area contributed by atoms with Crippen LogP contribution in [0.15, 0.2) is 55.6 Å². The summed E-state index contributed by atoms with van der Waals surface area (Å²) in [7, 11) is 1.35. The van der Waals surface area contributed by atoms with E-state index in [1.165, 1.54) is 7.11 Å². The van der Waals surface area contributed by atoms with Crippen molar-refractivity contribution >= 4 is 23.8 Å². The zero-order valence-electron chi connectivity index (χ0n) is 13.5. The number of esters is 1. The number of benzene rings is 2. The highest BCUT2D eigenvalue weighted by Gasteiger charge is 2.22. The van der Waals surface area contributed by atoms with Gasteiger partial charge in [0.2, 0.25) is 0 Å². The van der Waals surface area contributed by atoms with E-state index in [2.05, 4.69) is 24.5 Å². The quantitative estimate of drug-likeness (QED) is 0.812. The standard InChI is InChI=1S/C20H18N2O2/c1-4-14-10-15(5-2)12-17(11-14)19(20(23)24-3)22-18-8-6-16(13-21)7-9-18/h4-12,19,22H,1-2H2,3H3. The largest absolute Gasteiger partial charge is 0.467 e. The van der Waals surface area contributed by atoms with Crippen molar-refractivity contribution < 1.29 is 9.53 Å². The first-order valence-corrected chi connectivity index (χ1v) is 7.35. The molecule has 4 nitrogen and oxygen atoms in total. The Hall–Kier alpha value is -3.32. The van der Waals surface area contributed by atoms with Gasteiger partial charge in [0.1, 0.15) is 0 Å². The van der Waals surface area contributed by atoms with Crippen molar-refractivity contribution in [3.05, 3.63) is 77.9 Å². The molecule has 1 atom stereocenters. The molecule has 4 heteroatoms. The summed E-state index contributed by atoms with van der Waals surface area (Å²) in [6.45, 7) is 7.55. The molecule has 0 heterocycles. The van der Waals surface area contributed by atoms with Crippen molar-refractivity contribution in [2.24, 2.45) is 0 Å². The number of nitriles is 1. The van der Waals surface area contributed by atoms with Gasteiger partial charge in [-0.05, 0) is 59.2 Å². The second-order valence-electron chi connectivity index (χ2n) is 5.13. The number of anilines is 1. The van der Waals surface area contributed by atoms with Crippen LogP contribution in [0.3, 0.4) is 0 Å². The average molecular weight is 318 g/mol. The van der Waals surface area contributed by atoms with E-state index in [0.29, 0.717) is 11.3 Å². The van der Waals surface area contributed by atoms with Crippen molar-refractivity contribution in [3.8, 4) is 6.07 Å². The minimum atomic E-state index is -0.679. The van der Waals surface area contributed by atoms with Gasteiger partial charge in [0, 0.05) is 5.69 Å². The molecule has 0 aliphatic rings. The summed E-state index contributed by atoms with van der Waals surface area (Å²) in [5, 5.41) is 12.0. The lowest BCUT2D eigenvalue weighted by Gasteiger charge is -2.19. The van der Waals surface area contributed by atoms with Crippen LogP contribution in [0.4, 0.5) is 5.69 Å². The van der Waals surface area contributed by atoms with Crippen molar-refractivity contribution in [2.45, 2.75) is 6.04 Å². The first kappa shape index (κ1) is 17.0. The Labute approximate surface area is 141 Å². The molecule has 0 aromatic heterocycles. The highest BCUT2D eigenvalue weighted by Crippen LogP contribution is 2.24. The third kappa shape index (κ3) is 3.90. The number of carbonyl (C=O) groups excluding carboxylic acids is 1. The molecule has 24 heavy (non-hydrogen) atoms. The van der Waals surface area contributed by atoms with Gasteiger partial charge in [0.05, 0.1) is 18.7 Å². The molecule has 1 N–H and O–H groups in total. The van der Waals surface area contributed by atoms with Crippen LogP contribution < -0.4 is 5.32 Å². The maximum absolute atomic E-state index is 12.3. The van der Waals surface area contributed by atoms with Gasteiger partial charge in [-0.15, -0.1) is 0 Å². The van der Waals surface area contributed by atoms with Gasteiger partial charge in [0.25, 0.3) is 0 Å². The number of rotatable bonds is 6. The summed E-state index contributed by atoms with van der Waals surface area (Å²) in [4.78, 5) is 12.3. The topological polar surface area (TPSA) is 62.1 Å². The summed E-state index contributed by atoms with van der Waals surface area (Å²) < 4.78 is 4.93. The number of ether oxygens (including phenoxy) is 1. The second-order valence-corrected chi connectivity index (χ2v) is 5.13. The van der Waals surface area contributed by atoms with Crippen LogP contribution in [0.5, 0.6) is 0 Å². The lowest BCUT2D eigenvalue weighted by Crippen LogP contribution is -2.22. The molecule has 0 aliphatic heterocycles. The summed E-state index contributed by atoms with van der Waals surface area (Å²) in [5.74, 6) is -0.407. The number of nitrogens with one attached hydrogen (secondary N) is 1. The number of nitrogens with zero attached hydrogens (tertiary/aromatic N) is 1. The first-order chi connectivity index (χ1) is 11.6. The maximum Gasteiger partial charge on any atom is 0.332 e. The molecule has 2 aromatic carbocycles. The van der Waals surface area contributed by atoms with Gasteiger partial charge in [-0.3, -0.25) is 0 Å². The predicted molar refractivity (Wildman–Crippen MR) is 96.2 cm³/mol. The highest BCUT2D eigenvalue weighted by molar-refractivity contribution is 5.81. The Kier molecular flexibility index (Phi) is 5.54. The minimum Gasteiger partial charge on any atom is -0.467 e. The molecule has 0 radical (unpaired) electrons. The first-order valence-electron chi connectivity index (χ1n) is 7.35. The molecule has 0 bridgehead atoms. The summed E-state index contributed by atoms with van der Waals surface area (Å²) in [6.07, 6.45) is 3.43. The van der Waals surface area contributed by atoms with E-state index in [4.69, 9.17) is 10.00 Å². The molecule has 0 saturated heterocycles. The minimum absolute atomic E-state index is 0.407. The number of methoxy groups -OCH3 is 1. The van der Waals surface area contributed by atoms with Gasteiger partial charge in [-0.25, -0.2) is 4.79 Å². The number of hydrogen-bond donors (Lipinski definition) is 1. The van der Waals surface area contributed by atoms with E-state index >= 15 is 0 Å². The Balaban J connectivity index is 2.41. The van der Waals surface area contributed by atoms with Crippen molar-refractivity contribution in [1.82, 2.24) is 0 Å². The lowest BCUT2D eigenvalue weighted by atomic mass is 9.99. The van der Waals surface area contributed by atoms with Crippen molar-refractivity contribution in [3.63, 3.8) is 0 Å². The fourth-order valence-corrected chi connectivity index (χ4v) is 2.31. The average Bonchev–Trinajstić information content (AvgIpc) is 2.65. The van der Waals surface area contributed by atoms with Gasteiger partial charge in [0.15, 0.2) is 6.04 Å². The summed E-state index contributed by atoms with van der Waals surface area (Å²) in [6, 6.07) is 13.9. The summed E-state index contributed by atoms with van der Waals surface area (Å²) in [5.41, 5.74) is 3.79. The molecule has 1 unspecified atom stereocenters. The van der Waals surface area contributed by atoms with E-state index in [1.54, 1.807) is 36.4 Å². The molecule has 120 valence electrons. The van der Waals surface area contributed by atoms with Crippen LogP contribution in [0.1, 0.15) is 28.3 Å². The van der Waals surface area contributed by atoms with Crippen LogP contribution in [0.2, 0.25) is 0 Å². The van der Waals surface area contributed by atoms with E-state index < -0.39 is 12.0 Å². The highest BCUT2D eigenvalue weighted by atomic mass is 16.5. The molecular weight excluding hydrogens is 300 g/mol. The molecule has 2 rings (SSSR count). The van der Waals surface area contributed by atoms with Crippen LogP contribution in [0, 0.1) is 11.3 Å². The predicted octanol–water partition coefficient (Wildman–Crippen LogP) is 4.17. The van der Waals surface area contributed by atoms with E-state index in [1.807, 2.05) is 18.2 Å². The molecule has 0 amide bonds. The van der Waals surface area contributed by atoms with Crippen LogP contribution in [-0.4, -0.2) is 13.1 Å². The van der Waals surface area contributed by atoms with Gasteiger partial charge in [-0.2, -0.15) is 5.26 Å². The molecule has 0 saturated carbocycles. The van der Waals surface area contributed by atoms with Crippen molar-refractivity contribution in [1.29, 1.82) is 5.26 Å². The summed E-state index contributed by atoms with van der Waals surface area (Å²) >= 11 is 0. The zero-order chi connectivity index (χ0) is 17.5. The third-order valence-electron chi connectivity index (χ3n) is 3.57. The van der Waals surface area contributed by atoms with E-state index in [-0.39, 0.29) is 0 Å². The fourth-order valence-electron chi connectivity index (χ4n) is 2.31. The van der Waals surface area contributed by atoms with Gasteiger partial charge >= 0.3 is 5.97 Å². The smallest absolute Gasteiger partial charge is 0.332 e. The Morgan fingerprint density at radius 2 is 1.75 bits per heavy atom. The Bertz CT molecular complexity index is 775. The molecule has 2 aromatic rings. The van der Waals surface area contributed by atoms with Crippen LogP contribution >= 0.6 is 0 Å².